The molecule has 3 heterocycles. The number of aryl methyl sites for hydroxylation is 1. The number of benzene rings is 1. The van der Waals surface area contributed by atoms with E-state index in [0.29, 0.717) is 0 Å². The first kappa shape index (κ1) is 15.0. The Morgan fingerprint density at radius 1 is 1.17 bits per heavy atom. The van der Waals surface area contributed by atoms with Gasteiger partial charge in [0.25, 0.3) is 0 Å². The molecular formula is C18H19N3S2. The molecule has 0 bridgehead atoms. The molecule has 0 unspecified atom stereocenters. The Hall–Kier alpha value is -1.59. The average Bonchev–Trinajstić information content (AvgIpc) is 2.85. The van der Waals surface area contributed by atoms with Crippen LogP contribution in [0.3, 0.4) is 0 Å². The van der Waals surface area contributed by atoms with Gasteiger partial charge in [-0.15, -0.1) is 23.1 Å². The normalized spacial score (nSPS) is 13.5. The van der Waals surface area contributed by atoms with Crippen LogP contribution in [0.4, 0.5) is 5.82 Å². The second-order valence-electron chi connectivity index (χ2n) is 5.55. The SMILES string of the molecule is CCNc1nc(CC)nc2c1CCSc1c-2sc2ccccc12. The number of hydrogen-bond acceptors (Lipinski definition) is 5. The Balaban J connectivity index is 2.01. The van der Waals surface area contributed by atoms with Crippen molar-refractivity contribution in [1.29, 1.82) is 0 Å². The number of thiophene rings is 1. The highest BCUT2D eigenvalue weighted by molar-refractivity contribution is 7.99. The maximum Gasteiger partial charge on any atom is 0.133 e. The van der Waals surface area contributed by atoms with Crippen LogP contribution in [0.25, 0.3) is 20.7 Å². The Bertz CT molecular complexity index is 870. The van der Waals surface area contributed by atoms with E-state index in [-0.39, 0.29) is 0 Å². The van der Waals surface area contributed by atoms with Crippen molar-refractivity contribution in [3.8, 4) is 10.6 Å². The topological polar surface area (TPSA) is 37.8 Å². The van der Waals surface area contributed by atoms with Gasteiger partial charge in [0.05, 0.1) is 10.6 Å². The first-order valence-electron chi connectivity index (χ1n) is 8.10. The summed E-state index contributed by atoms with van der Waals surface area (Å²) >= 11 is 3.82. The highest BCUT2D eigenvalue weighted by atomic mass is 32.2. The number of anilines is 1. The molecule has 0 aliphatic carbocycles. The summed E-state index contributed by atoms with van der Waals surface area (Å²) in [5.74, 6) is 3.03. The zero-order chi connectivity index (χ0) is 15.8. The van der Waals surface area contributed by atoms with Crippen LogP contribution in [0, 0.1) is 0 Å². The fraction of sp³-hybridized carbons (Fsp3) is 0.333. The lowest BCUT2D eigenvalue weighted by molar-refractivity contribution is 0.919. The lowest BCUT2D eigenvalue weighted by atomic mass is 10.1. The van der Waals surface area contributed by atoms with E-state index in [0.717, 1.165) is 42.5 Å². The van der Waals surface area contributed by atoms with Gasteiger partial charge < -0.3 is 5.32 Å². The van der Waals surface area contributed by atoms with Crippen LogP contribution in [0.15, 0.2) is 29.2 Å². The van der Waals surface area contributed by atoms with E-state index in [1.165, 1.54) is 25.4 Å². The van der Waals surface area contributed by atoms with Crippen molar-refractivity contribution in [1.82, 2.24) is 9.97 Å². The Morgan fingerprint density at radius 2 is 2.04 bits per heavy atom. The van der Waals surface area contributed by atoms with Gasteiger partial charge in [0.15, 0.2) is 0 Å². The maximum atomic E-state index is 4.92. The van der Waals surface area contributed by atoms with Gasteiger partial charge in [0.2, 0.25) is 0 Å². The fourth-order valence-corrected chi connectivity index (χ4v) is 5.56. The summed E-state index contributed by atoms with van der Waals surface area (Å²) in [4.78, 5) is 12.4. The van der Waals surface area contributed by atoms with Gasteiger partial charge in [-0.05, 0) is 19.4 Å². The predicted octanol–water partition coefficient (Wildman–Crippen LogP) is 5.00. The van der Waals surface area contributed by atoms with E-state index < -0.39 is 0 Å². The van der Waals surface area contributed by atoms with Crippen LogP contribution >= 0.6 is 23.1 Å². The number of rotatable bonds is 3. The van der Waals surface area contributed by atoms with Gasteiger partial charge in [-0.3, -0.25) is 0 Å². The second kappa shape index (κ2) is 6.13. The van der Waals surface area contributed by atoms with Crippen LogP contribution in [-0.2, 0) is 12.8 Å². The first-order chi connectivity index (χ1) is 11.3. The van der Waals surface area contributed by atoms with Crippen molar-refractivity contribution in [3.63, 3.8) is 0 Å². The van der Waals surface area contributed by atoms with E-state index in [9.17, 15) is 0 Å². The van der Waals surface area contributed by atoms with E-state index in [2.05, 4.69) is 43.4 Å². The molecule has 1 N–H and O–H groups in total. The summed E-state index contributed by atoms with van der Waals surface area (Å²) in [5.41, 5.74) is 2.43. The van der Waals surface area contributed by atoms with Gasteiger partial charge in [-0.1, -0.05) is 25.1 Å². The largest absolute Gasteiger partial charge is 0.370 e. The minimum Gasteiger partial charge on any atom is -0.370 e. The van der Waals surface area contributed by atoms with Crippen LogP contribution in [-0.4, -0.2) is 22.3 Å². The van der Waals surface area contributed by atoms with E-state index in [1.807, 2.05) is 23.1 Å². The number of thioether (sulfide) groups is 1. The van der Waals surface area contributed by atoms with E-state index in [4.69, 9.17) is 9.97 Å². The molecule has 0 spiro atoms. The molecular weight excluding hydrogens is 322 g/mol. The van der Waals surface area contributed by atoms with Crippen molar-refractivity contribution < 1.29 is 0 Å². The minimum atomic E-state index is 0.860. The molecule has 1 aliphatic rings. The third-order valence-electron chi connectivity index (χ3n) is 4.08. The molecule has 0 amide bonds. The molecule has 0 saturated heterocycles. The Kier molecular flexibility index (Phi) is 3.99. The van der Waals surface area contributed by atoms with Gasteiger partial charge in [-0.2, -0.15) is 0 Å². The molecule has 2 aromatic heterocycles. The van der Waals surface area contributed by atoms with Crippen molar-refractivity contribution in [2.75, 3.05) is 17.6 Å². The monoisotopic (exact) mass is 341 g/mol. The minimum absolute atomic E-state index is 0.860. The van der Waals surface area contributed by atoms with E-state index >= 15 is 0 Å². The number of aromatic nitrogens is 2. The molecule has 3 aromatic rings. The smallest absolute Gasteiger partial charge is 0.133 e. The molecule has 1 aliphatic heterocycles. The van der Waals surface area contributed by atoms with Gasteiger partial charge in [-0.25, -0.2) is 9.97 Å². The fourth-order valence-electron chi connectivity index (χ4n) is 3.00. The highest BCUT2D eigenvalue weighted by Gasteiger charge is 2.24. The summed E-state index contributed by atoms with van der Waals surface area (Å²) in [5, 5.41) is 4.81. The number of nitrogens with zero attached hydrogens (tertiary/aromatic N) is 2. The Labute approximate surface area is 144 Å². The third kappa shape index (κ3) is 2.52. The highest BCUT2D eigenvalue weighted by Crippen LogP contribution is 2.47. The Morgan fingerprint density at radius 3 is 2.87 bits per heavy atom. The zero-order valence-electron chi connectivity index (χ0n) is 13.3. The standard InChI is InChI=1S/C18H19N3S2/c1-3-14-20-15-12(18(21-14)19-4-2)9-10-22-16-11-7-5-6-8-13(11)23-17(15)16/h5-8H,3-4,9-10H2,1-2H3,(H,19,20,21). The summed E-state index contributed by atoms with van der Waals surface area (Å²) in [6.45, 7) is 5.13. The van der Waals surface area contributed by atoms with Crippen molar-refractivity contribution in [2.45, 2.75) is 31.6 Å². The summed E-state index contributed by atoms with van der Waals surface area (Å²) in [7, 11) is 0. The van der Waals surface area contributed by atoms with Gasteiger partial charge in [0, 0.05) is 39.3 Å². The molecule has 23 heavy (non-hydrogen) atoms. The quantitative estimate of drug-likeness (QED) is 0.727. The molecule has 0 atom stereocenters. The average molecular weight is 342 g/mol. The van der Waals surface area contributed by atoms with Crippen LogP contribution in [0.1, 0.15) is 25.2 Å². The molecule has 0 saturated carbocycles. The van der Waals surface area contributed by atoms with Crippen LogP contribution in [0.2, 0.25) is 0 Å². The summed E-state index contributed by atoms with van der Waals surface area (Å²) in [6.07, 6.45) is 1.88. The lowest BCUT2D eigenvalue weighted by Crippen LogP contribution is -2.09. The number of fused-ring (bicyclic) bond motifs is 5. The van der Waals surface area contributed by atoms with Crippen molar-refractivity contribution in [2.24, 2.45) is 0 Å². The molecule has 0 fully saturated rings. The molecule has 118 valence electrons. The van der Waals surface area contributed by atoms with Crippen LogP contribution < -0.4 is 5.32 Å². The molecule has 4 rings (SSSR count). The second-order valence-corrected chi connectivity index (χ2v) is 7.71. The number of nitrogens with one attached hydrogen (secondary N) is 1. The molecule has 3 nitrogen and oxygen atoms in total. The van der Waals surface area contributed by atoms with Crippen LogP contribution in [0.5, 0.6) is 0 Å². The maximum absolute atomic E-state index is 4.92. The summed E-state index contributed by atoms with van der Waals surface area (Å²) < 4.78 is 1.35. The predicted molar refractivity (Wildman–Crippen MR) is 101 cm³/mol. The van der Waals surface area contributed by atoms with Crippen molar-refractivity contribution >= 4 is 39.0 Å². The van der Waals surface area contributed by atoms with Crippen molar-refractivity contribution in [3.05, 3.63) is 35.7 Å². The third-order valence-corrected chi connectivity index (χ3v) is 6.51. The first-order valence-corrected chi connectivity index (χ1v) is 9.90. The molecule has 5 heteroatoms. The summed E-state index contributed by atoms with van der Waals surface area (Å²) in [6, 6.07) is 8.69. The lowest BCUT2D eigenvalue weighted by Gasteiger charge is -2.13. The molecule has 1 aromatic carbocycles. The van der Waals surface area contributed by atoms with Gasteiger partial charge >= 0.3 is 0 Å². The van der Waals surface area contributed by atoms with E-state index in [1.54, 1.807) is 0 Å². The number of hydrogen-bond donors (Lipinski definition) is 1. The molecule has 0 radical (unpaired) electrons. The zero-order valence-corrected chi connectivity index (χ0v) is 15.0. The van der Waals surface area contributed by atoms with Gasteiger partial charge in [0.1, 0.15) is 11.6 Å².